The van der Waals surface area contributed by atoms with Gasteiger partial charge >= 0.3 is 24.3 Å². The summed E-state index contributed by atoms with van der Waals surface area (Å²) in [5.74, 6) is -6.99. The molecular weight excluding hydrogens is 562 g/mol. The van der Waals surface area contributed by atoms with Gasteiger partial charge in [-0.05, 0) is 36.4 Å². The summed E-state index contributed by atoms with van der Waals surface area (Å²) in [7, 11) is 0. The van der Waals surface area contributed by atoms with Crippen LogP contribution in [0.15, 0.2) is 36.4 Å². The minimum Gasteiger partial charge on any atom is -0.475 e. The highest BCUT2D eigenvalue weighted by Crippen LogP contribution is 2.31. The SMILES string of the molecule is NCC(=O)Nc1ccc2c(c1)C(=O)c1ccc(NC(=O)CN)cc1C2=O.O=C(O)C(F)(F)F.O=C(O)C(F)(F)F. The molecule has 0 aliphatic heterocycles. The molecule has 0 spiro atoms. The number of ketones is 2. The number of carbonyl (C=O) groups is 6. The van der Waals surface area contributed by atoms with Crippen LogP contribution in [-0.2, 0) is 19.2 Å². The summed E-state index contributed by atoms with van der Waals surface area (Å²) in [6.07, 6.45) is -10.2. The molecule has 0 heterocycles. The van der Waals surface area contributed by atoms with E-state index < -0.39 is 36.1 Å². The minimum atomic E-state index is -5.08. The number of hydrogen-bond donors (Lipinski definition) is 6. The van der Waals surface area contributed by atoms with Crippen LogP contribution in [0.1, 0.15) is 31.8 Å². The van der Waals surface area contributed by atoms with Gasteiger partial charge in [0, 0.05) is 33.6 Å². The van der Waals surface area contributed by atoms with Gasteiger partial charge in [0.2, 0.25) is 11.8 Å². The van der Waals surface area contributed by atoms with Crippen molar-refractivity contribution in [2.75, 3.05) is 23.7 Å². The van der Waals surface area contributed by atoms with Crippen LogP contribution in [0.2, 0.25) is 0 Å². The van der Waals surface area contributed by atoms with E-state index in [4.69, 9.17) is 31.3 Å². The Hall–Kier alpha value is -4.84. The number of nitrogens with one attached hydrogen (secondary N) is 2. The van der Waals surface area contributed by atoms with Gasteiger partial charge < -0.3 is 32.3 Å². The lowest BCUT2D eigenvalue weighted by Crippen LogP contribution is -2.25. The molecule has 1 aliphatic carbocycles. The van der Waals surface area contributed by atoms with E-state index >= 15 is 0 Å². The smallest absolute Gasteiger partial charge is 0.475 e. The van der Waals surface area contributed by atoms with Crippen LogP contribution in [0, 0.1) is 0 Å². The van der Waals surface area contributed by atoms with Crippen LogP contribution in [0.5, 0.6) is 0 Å². The minimum absolute atomic E-state index is 0.190. The normalized spacial score (nSPS) is 11.9. The fourth-order valence-corrected chi connectivity index (χ4v) is 2.73. The van der Waals surface area contributed by atoms with E-state index in [1.54, 1.807) is 0 Å². The van der Waals surface area contributed by atoms with Crippen molar-refractivity contribution in [1.29, 1.82) is 0 Å². The molecule has 0 fully saturated rings. The summed E-state index contributed by atoms with van der Waals surface area (Å²) in [6, 6.07) is 8.93. The van der Waals surface area contributed by atoms with Crippen LogP contribution in [0.25, 0.3) is 0 Å². The third kappa shape index (κ3) is 9.17. The number of fused-ring (bicyclic) bond motifs is 2. The van der Waals surface area contributed by atoms with Crippen LogP contribution >= 0.6 is 0 Å². The van der Waals surface area contributed by atoms with Crippen molar-refractivity contribution in [2.45, 2.75) is 12.4 Å². The number of anilines is 2. The fourth-order valence-electron chi connectivity index (χ4n) is 2.73. The maximum atomic E-state index is 12.8. The molecule has 2 aromatic rings. The second kappa shape index (κ2) is 13.3. The lowest BCUT2D eigenvalue weighted by atomic mass is 9.83. The molecular formula is C22H18F6N4O8. The molecule has 8 N–H and O–H groups in total. The van der Waals surface area contributed by atoms with E-state index in [0.717, 1.165) is 0 Å². The standard InChI is InChI=1S/C18H16N4O4.2C2HF3O2/c19-7-15(23)21-9-1-3-11-13(5-9)18(26)12-4-2-10(22-16(24)8-20)6-14(12)17(11)25;2*3-2(4,5)1(6)7/h1-6H,7-8,19-20H2,(H,21,23)(H,22,24);2*(H,6,7). The lowest BCUT2D eigenvalue weighted by Gasteiger charge is -2.19. The number of alkyl halides is 6. The second-order valence-electron chi connectivity index (χ2n) is 7.29. The van der Waals surface area contributed by atoms with E-state index in [9.17, 15) is 45.5 Å². The molecule has 0 saturated carbocycles. The topological polar surface area (TPSA) is 219 Å². The number of aliphatic carboxylic acids is 2. The molecule has 0 aromatic heterocycles. The van der Waals surface area contributed by atoms with E-state index in [2.05, 4.69) is 10.6 Å². The molecule has 216 valence electrons. The third-order valence-electron chi connectivity index (χ3n) is 4.44. The summed E-state index contributed by atoms with van der Waals surface area (Å²) in [6.45, 7) is -0.381. The Morgan fingerprint density at radius 2 is 0.900 bits per heavy atom. The number of nitrogens with two attached hydrogens (primary N) is 2. The van der Waals surface area contributed by atoms with Gasteiger partial charge in [0.25, 0.3) is 0 Å². The van der Waals surface area contributed by atoms with Crippen LogP contribution in [-0.4, -0.2) is 71.0 Å². The van der Waals surface area contributed by atoms with Gasteiger partial charge in [-0.25, -0.2) is 9.59 Å². The zero-order valence-corrected chi connectivity index (χ0v) is 19.6. The summed E-state index contributed by atoms with van der Waals surface area (Å²) >= 11 is 0. The average molecular weight is 580 g/mol. The monoisotopic (exact) mass is 580 g/mol. The first-order valence-electron chi connectivity index (χ1n) is 10.3. The predicted molar refractivity (Wildman–Crippen MR) is 122 cm³/mol. The number of amides is 2. The summed E-state index contributed by atoms with van der Waals surface area (Å²) < 4.78 is 63.5. The number of hydrogen-bond acceptors (Lipinski definition) is 8. The zero-order valence-electron chi connectivity index (χ0n) is 19.6. The van der Waals surface area contributed by atoms with Gasteiger partial charge in [-0.15, -0.1) is 0 Å². The quantitative estimate of drug-likeness (QED) is 0.244. The molecule has 40 heavy (non-hydrogen) atoms. The van der Waals surface area contributed by atoms with Crippen molar-refractivity contribution >= 4 is 46.7 Å². The second-order valence-corrected chi connectivity index (χ2v) is 7.29. The van der Waals surface area contributed by atoms with E-state index in [1.807, 2.05) is 0 Å². The molecule has 0 radical (unpaired) electrons. The largest absolute Gasteiger partial charge is 0.490 e. The van der Waals surface area contributed by atoms with E-state index in [0.29, 0.717) is 11.4 Å². The highest BCUT2D eigenvalue weighted by molar-refractivity contribution is 6.29. The predicted octanol–water partition coefficient (Wildman–Crippen LogP) is 1.52. The number of halogens is 6. The molecule has 18 heteroatoms. The Bertz CT molecular complexity index is 1240. The highest BCUT2D eigenvalue weighted by Gasteiger charge is 2.39. The van der Waals surface area contributed by atoms with E-state index in [1.165, 1.54) is 36.4 Å². The van der Waals surface area contributed by atoms with Crippen LogP contribution < -0.4 is 22.1 Å². The third-order valence-corrected chi connectivity index (χ3v) is 4.44. The Balaban J connectivity index is 0.000000473. The number of carboxylic acids is 2. The number of benzene rings is 2. The van der Waals surface area contributed by atoms with Gasteiger partial charge in [0.05, 0.1) is 13.1 Å². The van der Waals surface area contributed by atoms with Crippen molar-refractivity contribution in [1.82, 2.24) is 0 Å². The Morgan fingerprint density at radius 1 is 0.625 bits per heavy atom. The summed E-state index contributed by atoms with van der Waals surface area (Å²) in [5.41, 5.74) is 12.2. The van der Waals surface area contributed by atoms with Crippen molar-refractivity contribution in [3.05, 3.63) is 58.7 Å². The van der Waals surface area contributed by atoms with E-state index in [-0.39, 0.29) is 46.9 Å². The molecule has 0 saturated heterocycles. The Labute approximate surface area is 218 Å². The van der Waals surface area contributed by atoms with Gasteiger partial charge in [0.15, 0.2) is 11.6 Å². The van der Waals surface area contributed by atoms with Crippen molar-refractivity contribution in [3.63, 3.8) is 0 Å². The molecule has 0 atom stereocenters. The molecule has 0 unspecified atom stereocenters. The number of rotatable bonds is 4. The highest BCUT2D eigenvalue weighted by atomic mass is 19.4. The first-order chi connectivity index (χ1) is 18.3. The Morgan fingerprint density at radius 3 is 1.12 bits per heavy atom. The van der Waals surface area contributed by atoms with Crippen molar-refractivity contribution in [2.24, 2.45) is 11.5 Å². The average Bonchev–Trinajstić information content (AvgIpc) is 2.86. The maximum absolute atomic E-state index is 12.8. The molecule has 2 amide bonds. The maximum Gasteiger partial charge on any atom is 0.490 e. The van der Waals surface area contributed by atoms with Gasteiger partial charge in [-0.1, -0.05) is 0 Å². The zero-order chi connectivity index (χ0) is 31.0. The van der Waals surface area contributed by atoms with Crippen LogP contribution in [0.3, 0.4) is 0 Å². The first-order valence-corrected chi connectivity index (χ1v) is 10.3. The first kappa shape index (κ1) is 33.2. The molecule has 3 rings (SSSR count). The van der Waals surface area contributed by atoms with Crippen molar-refractivity contribution < 1.29 is 65.3 Å². The fraction of sp³-hybridized carbons (Fsp3) is 0.182. The van der Waals surface area contributed by atoms with Crippen LogP contribution in [0.4, 0.5) is 37.7 Å². The van der Waals surface area contributed by atoms with Gasteiger partial charge in [-0.3, -0.25) is 19.2 Å². The molecule has 2 aromatic carbocycles. The molecule has 12 nitrogen and oxygen atoms in total. The van der Waals surface area contributed by atoms with Crippen molar-refractivity contribution in [3.8, 4) is 0 Å². The van der Waals surface area contributed by atoms with Gasteiger partial charge in [0.1, 0.15) is 0 Å². The Kier molecular flexibility index (Phi) is 11.0. The lowest BCUT2D eigenvalue weighted by molar-refractivity contribution is -0.193. The molecule has 1 aliphatic rings. The molecule has 0 bridgehead atoms. The number of carboxylic acid groups (broad SMARTS) is 2. The summed E-state index contributed by atoms with van der Waals surface area (Å²) in [4.78, 5) is 66.1. The number of carbonyl (C=O) groups excluding carboxylic acids is 4. The summed E-state index contributed by atoms with van der Waals surface area (Å²) in [5, 5.41) is 19.4. The van der Waals surface area contributed by atoms with Gasteiger partial charge in [-0.2, -0.15) is 26.3 Å².